The molecule has 0 spiro atoms. The lowest BCUT2D eigenvalue weighted by molar-refractivity contribution is 0.219. The van der Waals surface area contributed by atoms with Gasteiger partial charge in [0.1, 0.15) is 11.5 Å². The van der Waals surface area contributed by atoms with E-state index in [0.717, 1.165) is 30.0 Å². The van der Waals surface area contributed by atoms with Crippen LogP contribution < -0.4 is 15.2 Å². The minimum absolute atomic E-state index is 0.451. The fourth-order valence-corrected chi connectivity index (χ4v) is 2.53. The Hall–Kier alpha value is -2.23. The Morgan fingerprint density at radius 2 is 2.25 bits per heavy atom. The number of pyridine rings is 1. The molecule has 0 saturated heterocycles. The summed E-state index contributed by atoms with van der Waals surface area (Å²) in [6, 6.07) is 9.89. The number of hydrogen-bond acceptors (Lipinski definition) is 4. The fourth-order valence-electron chi connectivity index (χ4n) is 2.53. The molecule has 20 heavy (non-hydrogen) atoms. The second kappa shape index (κ2) is 5.41. The number of aromatic nitrogens is 1. The highest BCUT2D eigenvalue weighted by atomic mass is 16.5. The topological polar surface area (TPSA) is 57.4 Å². The Morgan fingerprint density at radius 3 is 3.00 bits per heavy atom. The first-order valence-corrected chi connectivity index (χ1v) is 6.74. The SMILES string of the molecule is COc1ccc2c(c1)OC[C@H](Cc1ccc(N)cn1)C2. The molecule has 104 valence electrons. The lowest BCUT2D eigenvalue weighted by Crippen LogP contribution is -2.23. The van der Waals surface area contributed by atoms with Crippen molar-refractivity contribution in [2.45, 2.75) is 12.8 Å². The molecule has 2 aromatic rings. The summed E-state index contributed by atoms with van der Waals surface area (Å²) in [7, 11) is 1.67. The van der Waals surface area contributed by atoms with Crippen molar-refractivity contribution in [1.29, 1.82) is 0 Å². The molecule has 1 aromatic carbocycles. The van der Waals surface area contributed by atoms with Gasteiger partial charge in [-0.1, -0.05) is 6.07 Å². The van der Waals surface area contributed by atoms with E-state index in [2.05, 4.69) is 11.1 Å². The lowest BCUT2D eigenvalue weighted by Gasteiger charge is -2.25. The van der Waals surface area contributed by atoms with Gasteiger partial charge in [0, 0.05) is 17.7 Å². The van der Waals surface area contributed by atoms with Gasteiger partial charge in [-0.2, -0.15) is 0 Å². The summed E-state index contributed by atoms with van der Waals surface area (Å²) in [5, 5.41) is 0. The summed E-state index contributed by atoms with van der Waals surface area (Å²) in [5.41, 5.74) is 8.65. The Morgan fingerprint density at radius 1 is 1.35 bits per heavy atom. The van der Waals surface area contributed by atoms with Crippen LogP contribution in [0.2, 0.25) is 0 Å². The predicted molar refractivity (Wildman–Crippen MR) is 78.0 cm³/mol. The van der Waals surface area contributed by atoms with Crippen molar-refractivity contribution in [3.8, 4) is 11.5 Å². The number of nitrogens with two attached hydrogens (primary N) is 1. The van der Waals surface area contributed by atoms with E-state index >= 15 is 0 Å². The molecule has 1 aromatic heterocycles. The molecule has 0 radical (unpaired) electrons. The number of methoxy groups -OCH3 is 1. The molecule has 0 amide bonds. The number of anilines is 1. The van der Waals surface area contributed by atoms with Crippen molar-refractivity contribution in [3.63, 3.8) is 0 Å². The maximum atomic E-state index is 5.84. The molecule has 0 unspecified atom stereocenters. The van der Waals surface area contributed by atoms with E-state index in [1.807, 2.05) is 24.3 Å². The summed E-state index contributed by atoms with van der Waals surface area (Å²) < 4.78 is 11.1. The number of rotatable bonds is 3. The number of nitrogens with zero attached hydrogens (tertiary/aromatic N) is 1. The summed E-state index contributed by atoms with van der Waals surface area (Å²) in [6.45, 7) is 0.715. The monoisotopic (exact) mass is 270 g/mol. The van der Waals surface area contributed by atoms with E-state index in [-0.39, 0.29) is 0 Å². The summed E-state index contributed by atoms with van der Waals surface area (Å²) in [5.74, 6) is 2.22. The van der Waals surface area contributed by atoms with E-state index < -0.39 is 0 Å². The van der Waals surface area contributed by atoms with Gasteiger partial charge in [0.05, 0.1) is 25.6 Å². The van der Waals surface area contributed by atoms with Crippen LogP contribution in [0.3, 0.4) is 0 Å². The number of benzene rings is 1. The van der Waals surface area contributed by atoms with Crippen molar-refractivity contribution in [2.75, 3.05) is 19.5 Å². The molecule has 4 heteroatoms. The van der Waals surface area contributed by atoms with Gasteiger partial charge in [-0.3, -0.25) is 4.98 Å². The van der Waals surface area contributed by atoms with E-state index in [9.17, 15) is 0 Å². The highest BCUT2D eigenvalue weighted by Gasteiger charge is 2.21. The van der Waals surface area contributed by atoms with Gasteiger partial charge < -0.3 is 15.2 Å². The second-order valence-corrected chi connectivity index (χ2v) is 5.14. The predicted octanol–water partition coefficient (Wildman–Crippen LogP) is 2.47. The average molecular weight is 270 g/mol. The van der Waals surface area contributed by atoms with E-state index in [1.165, 1.54) is 5.56 Å². The standard InChI is InChI=1S/C16H18N2O2/c1-19-15-5-2-12-6-11(10-20-16(12)8-15)7-14-4-3-13(17)9-18-14/h2-5,8-9,11H,6-7,10,17H2,1H3/t11-/m0/s1. The lowest BCUT2D eigenvalue weighted by atomic mass is 9.92. The molecule has 3 rings (SSSR count). The van der Waals surface area contributed by atoms with Crippen molar-refractivity contribution in [3.05, 3.63) is 47.8 Å². The zero-order valence-corrected chi connectivity index (χ0v) is 11.5. The third-order valence-electron chi connectivity index (χ3n) is 3.60. The van der Waals surface area contributed by atoms with Crippen LogP contribution in [0.5, 0.6) is 11.5 Å². The zero-order chi connectivity index (χ0) is 13.9. The van der Waals surface area contributed by atoms with Crippen LogP contribution in [0.25, 0.3) is 0 Å². The first-order valence-electron chi connectivity index (χ1n) is 6.74. The van der Waals surface area contributed by atoms with Crippen LogP contribution in [-0.4, -0.2) is 18.7 Å². The van der Waals surface area contributed by atoms with Crippen LogP contribution in [-0.2, 0) is 12.8 Å². The van der Waals surface area contributed by atoms with Gasteiger partial charge in [0.25, 0.3) is 0 Å². The molecular weight excluding hydrogens is 252 g/mol. The van der Waals surface area contributed by atoms with Crippen molar-refractivity contribution in [1.82, 2.24) is 4.98 Å². The van der Waals surface area contributed by atoms with Crippen molar-refractivity contribution >= 4 is 5.69 Å². The van der Waals surface area contributed by atoms with E-state index in [0.29, 0.717) is 18.2 Å². The van der Waals surface area contributed by atoms with Crippen molar-refractivity contribution in [2.24, 2.45) is 5.92 Å². The minimum atomic E-state index is 0.451. The number of nitrogen functional groups attached to an aromatic ring is 1. The maximum Gasteiger partial charge on any atom is 0.126 e. The number of ether oxygens (including phenoxy) is 2. The molecule has 0 aliphatic carbocycles. The Balaban J connectivity index is 1.70. The molecule has 2 heterocycles. The summed E-state index contributed by atoms with van der Waals surface area (Å²) in [6.07, 6.45) is 3.62. The minimum Gasteiger partial charge on any atom is -0.497 e. The highest BCUT2D eigenvalue weighted by Crippen LogP contribution is 2.31. The molecule has 1 aliphatic heterocycles. The Labute approximate surface area is 118 Å². The third-order valence-corrected chi connectivity index (χ3v) is 3.60. The van der Waals surface area contributed by atoms with Crippen LogP contribution in [0.15, 0.2) is 36.5 Å². The second-order valence-electron chi connectivity index (χ2n) is 5.14. The van der Waals surface area contributed by atoms with Crippen LogP contribution in [0.4, 0.5) is 5.69 Å². The Kier molecular flexibility index (Phi) is 3.46. The van der Waals surface area contributed by atoms with E-state index in [1.54, 1.807) is 13.3 Å². The fraction of sp³-hybridized carbons (Fsp3) is 0.312. The van der Waals surface area contributed by atoms with Crippen LogP contribution in [0.1, 0.15) is 11.3 Å². The van der Waals surface area contributed by atoms with Gasteiger partial charge in [0.2, 0.25) is 0 Å². The number of hydrogen-bond donors (Lipinski definition) is 1. The number of fused-ring (bicyclic) bond motifs is 1. The molecule has 1 aliphatic rings. The molecular formula is C16H18N2O2. The molecule has 0 saturated carbocycles. The molecule has 0 fully saturated rings. The van der Waals surface area contributed by atoms with Crippen LogP contribution in [0, 0.1) is 5.92 Å². The largest absolute Gasteiger partial charge is 0.497 e. The Bertz CT molecular complexity index is 596. The zero-order valence-electron chi connectivity index (χ0n) is 11.5. The summed E-state index contributed by atoms with van der Waals surface area (Å²) >= 11 is 0. The molecule has 4 nitrogen and oxygen atoms in total. The summed E-state index contributed by atoms with van der Waals surface area (Å²) in [4.78, 5) is 4.36. The maximum absolute atomic E-state index is 5.84. The smallest absolute Gasteiger partial charge is 0.126 e. The van der Waals surface area contributed by atoms with E-state index in [4.69, 9.17) is 15.2 Å². The van der Waals surface area contributed by atoms with Crippen molar-refractivity contribution < 1.29 is 9.47 Å². The molecule has 2 N–H and O–H groups in total. The normalized spacial score (nSPS) is 17.1. The quantitative estimate of drug-likeness (QED) is 0.930. The average Bonchev–Trinajstić information content (AvgIpc) is 2.49. The molecule has 1 atom stereocenters. The first-order chi connectivity index (χ1) is 9.74. The third kappa shape index (κ3) is 2.69. The van der Waals surface area contributed by atoms with Crippen LogP contribution >= 0.6 is 0 Å². The van der Waals surface area contributed by atoms with Gasteiger partial charge in [-0.05, 0) is 36.6 Å². The van der Waals surface area contributed by atoms with Gasteiger partial charge in [0.15, 0.2) is 0 Å². The highest BCUT2D eigenvalue weighted by molar-refractivity contribution is 5.42. The van der Waals surface area contributed by atoms with Gasteiger partial charge in [-0.25, -0.2) is 0 Å². The van der Waals surface area contributed by atoms with Gasteiger partial charge >= 0.3 is 0 Å². The van der Waals surface area contributed by atoms with Gasteiger partial charge in [-0.15, -0.1) is 0 Å². The first kappa shape index (κ1) is 12.8. The molecule has 0 bridgehead atoms.